The number of alkyl halides is 3. The van der Waals surface area contributed by atoms with Crippen molar-refractivity contribution >= 4 is 17.5 Å². The minimum atomic E-state index is -4.75. The van der Waals surface area contributed by atoms with Gasteiger partial charge in [-0.3, -0.25) is 19.4 Å². The van der Waals surface area contributed by atoms with E-state index in [0.717, 1.165) is 12.1 Å². The normalized spacial score (nSPS) is 17.0. The molecule has 0 unspecified atom stereocenters. The number of piperazine rings is 1. The molecular weight excluding hydrogens is 377 g/mol. The van der Waals surface area contributed by atoms with Crippen LogP contribution >= 0.6 is 0 Å². The smallest absolute Gasteiger partial charge is 0.406 e. The summed E-state index contributed by atoms with van der Waals surface area (Å²) in [5.41, 5.74) is 0.392. The largest absolute Gasteiger partial charge is 0.573 e. The SMILES string of the molecule is CCNC(=O)[C@H](C)N1CCN(CC(=O)Nc2ccc(OC(F)(F)F)cc2)CC1. The van der Waals surface area contributed by atoms with Gasteiger partial charge >= 0.3 is 6.36 Å². The summed E-state index contributed by atoms with van der Waals surface area (Å²) in [7, 11) is 0. The molecule has 0 aromatic heterocycles. The van der Waals surface area contributed by atoms with Crippen molar-refractivity contribution in [2.24, 2.45) is 0 Å². The highest BCUT2D eigenvalue weighted by Crippen LogP contribution is 2.23. The highest BCUT2D eigenvalue weighted by atomic mass is 19.4. The van der Waals surface area contributed by atoms with Gasteiger partial charge in [0, 0.05) is 38.4 Å². The van der Waals surface area contributed by atoms with Crippen molar-refractivity contribution in [1.29, 1.82) is 0 Å². The molecule has 0 radical (unpaired) electrons. The molecule has 2 rings (SSSR count). The molecule has 2 N–H and O–H groups in total. The first kappa shape index (κ1) is 22.0. The van der Waals surface area contributed by atoms with Gasteiger partial charge in [-0.15, -0.1) is 13.2 Å². The van der Waals surface area contributed by atoms with Gasteiger partial charge in [-0.1, -0.05) is 0 Å². The lowest BCUT2D eigenvalue weighted by atomic mass is 10.2. The summed E-state index contributed by atoms with van der Waals surface area (Å²) < 4.78 is 40.2. The van der Waals surface area contributed by atoms with E-state index in [2.05, 4.69) is 20.3 Å². The zero-order valence-corrected chi connectivity index (χ0v) is 15.9. The van der Waals surface area contributed by atoms with Crippen LogP contribution < -0.4 is 15.4 Å². The van der Waals surface area contributed by atoms with E-state index >= 15 is 0 Å². The Morgan fingerprint density at radius 2 is 1.75 bits per heavy atom. The molecule has 0 saturated carbocycles. The summed E-state index contributed by atoms with van der Waals surface area (Å²) in [5, 5.41) is 5.45. The van der Waals surface area contributed by atoms with Crippen molar-refractivity contribution in [3.8, 4) is 5.75 Å². The molecule has 1 aromatic rings. The van der Waals surface area contributed by atoms with Crippen molar-refractivity contribution in [2.75, 3.05) is 44.6 Å². The highest BCUT2D eigenvalue weighted by molar-refractivity contribution is 5.92. The summed E-state index contributed by atoms with van der Waals surface area (Å²) in [6, 6.07) is 4.78. The van der Waals surface area contributed by atoms with Crippen LogP contribution in [-0.2, 0) is 9.59 Å². The Morgan fingerprint density at radius 1 is 1.14 bits per heavy atom. The quantitative estimate of drug-likeness (QED) is 0.726. The van der Waals surface area contributed by atoms with Crippen LogP contribution in [0.25, 0.3) is 0 Å². The van der Waals surface area contributed by atoms with Crippen LogP contribution in [-0.4, -0.2) is 73.3 Å². The van der Waals surface area contributed by atoms with Gasteiger partial charge in [-0.05, 0) is 38.1 Å². The second-order valence-corrected chi connectivity index (χ2v) is 6.50. The topological polar surface area (TPSA) is 73.9 Å². The lowest BCUT2D eigenvalue weighted by molar-refractivity contribution is -0.274. The number of likely N-dealkylation sites (N-methyl/N-ethyl adjacent to an activating group) is 1. The molecule has 0 spiro atoms. The molecule has 1 aliphatic heterocycles. The van der Waals surface area contributed by atoms with E-state index in [0.29, 0.717) is 38.4 Å². The van der Waals surface area contributed by atoms with Gasteiger partial charge in [0.15, 0.2) is 0 Å². The van der Waals surface area contributed by atoms with Crippen LogP contribution in [0.2, 0.25) is 0 Å². The third-order valence-electron chi connectivity index (χ3n) is 4.42. The fourth-order valence-corrected chi connectivity index (χ4v) is 2.94. The van der Waals surface area contributed by atoms with E-state index in [4.69, 9.17) is 0 Å². The first-order valence-electron chi connectivity index (χ1n) is 9.07. The second kappa shape index (κ2) is 9.74. The van der Waals surface area contributed by atoms with Crippen molar-refractivity contribution in [1.82, 2.24) is 15.1 Å². The fraction of sp³-hybridized carbons (Fsp3) is 0.556. The van der Waals surface area contributed by atoms with Crippen LogP contribution in [0.3, 0.4) is 0 Å². The van der Waals surface area contributed by atoms with E-state index < -0.39 is 6.36 Å². The zero-order chi connectivity index (χ0) is 20.7. The molecule has 0 aliphatic carbocycles. The lowest BCUT2D eigenvalue weighted by Crippen LogP contribution is -2.54. The number of nitrogens with one attached hydrogen (secondary N) is 2. The number of halogens is 3. The van der Waals surface area contributed by atoms with E-state index in [1.165, 1.54) is 12.1 Å². The Hall–Kier alpha value is -2.33. The number of carbonyl (C=O) groups excluding carboxylic acids is 2. The van der Waals surface area contributed by atoms with Crippen molar-refractivity contribution < 1.29 is 27.5 Å². The molecule has 2 amide bonds. The Labute approximate surface area is 161 Å². The molecule has 28 heavy (non-hydrogen) atoms. The van der Waals surface area contributed by atoms with Crippen molar-refractivity contribution in [2.45, 2.75) is 26.3 Å². The predicted molar refractivity (Wildman–Crippen MR) is 97.9 cm³/mol. The van der Waals surface area contributed by atoms with E-state index in [-0.39, 0.29) is 30.2 Å². The summed E-state index contributed by atoms with van der Waals surface area (Å²) in [4.78, 5) is 28.1. The Kier molecular flexibility index (Phi) is 7.64. The Morgan fingerprint density at radius 3 is 2.29 bits per heavy atom. The third kappa shape index (κ3) is 7.01. The van der Waals surface area contributed by atoms with Gasteiger partial charge < -0.3 is 15.4 Å². The van der Waals surface area contributed by atoms with Gasteiger partial charge in [0.2, 0.25) is 11.8 Å². The fourth-order valence-electron chi connectivity index (χ4n) is 2.94. The minimum absolute atomic E-state index is 0.00774. The number of rotatable bonds is 7. The first-order chi connectivity index (χ1) is 13.2. The maximum atomic E-state index is 12.2. The number of carbonyl (C=O) groups is 2. The van der Waals surface area contributed by atoms with Crippen LogP contribution in [0.5, 0.6) is 5.75 Å². The van der Waals surface area contributed by atoms with E-state index in [1.54, 1.807) is 0 Å². The van der Waals surface area contributed by atoms with E-state index in [9.17, 15) is 22.8 Å². The van der Waals surface area contributed by atoms with Crippen LogP contribution in [0.4, 0.5) is 18.9 Å². The van der Waals surface area contributed by atoms with Crippen LogP contribution in [0.15, 0.2) is 24.3 Å². The molecule has 0 bridgehead atoms. The average Bonchev–Trinajstić information content (AvgIpc) is 2.62. The molecule has 1 atom stereocenters. The third-order valence-corrected chi connectivity index (χ3v) is 4.42. The van der Waals surface area contributed by atoms with Gasteiger partial charge in [0.05, 0.1) is 12.6 Å². The Balaban J connectivity index is 1.76. The molecule has 1 saturated heterocycles. The molecule has 1 fully saturated rings. The molecule has 1 aliphatic rings. The maximum Gasteiger partial charge on any atom is 0.573 e. The molecule has 1 heterocycles. The number of nitrogens with zero attached hydrogens (tertiary/aromatic N) is 2. The number of anilines is 1. The summed E-state index contributed by atoms with van der Waals surface area (Å²) in [6.07, 6.45) is -4.75. The monoisotopic (exact) mass is 402 g/mol. The number of benzene rings is 1. The first-order valence-corrected chi connectivity index (χ1v) is 9.07. The van der Waals surface area contributed by atoms with Crippen LogP contribution in [0, 0.1) is 0 Å². The number of hydrogen-bond donors (Lipinski definition) is 2. The van der Waals surface area contributed by atoms with E-state index in [1.807, 2.05) is 18.7 Å². The second-order valence-electron chi connectivity index (χ2n) is 6.50. The van der Waals surface area contributed by atoms with Crippen LogP contribution in [0.1, 0.15) is 13.8 Å². The molecule has 10 heteroatoms. The number of ether oxygens (including phenoxy) is 1. The minimum Gasteiger partial charge on any atom is -0.406 e. The standard InChI is InChI=1S/C18H25F3N4O3/c1-3-22-17(27)13(2)25-10-8-24(9-11-25)12-16(26)23-14-4-6-15(7-5-14)28-18(19,20)21/h4-7,13H,3,8-12H2,1-2H3,(H,22,27)(H,23,26)/t13-/m0/s1. The zero-order valence-electron chi connectivity index (χ0n) is 15.9. The summed E-state index contributed by atoms with van der Waals surface area (Å²) in [5.74, 6) is -0.607. The lowest BCUT2D eigenvalue weighted by Gasteiger charge is -2.37. The summed E-state index contributed by atoms with van der Waals surface area (Å²) in [6.45, 7) is 7.14. The van der Waals surface area contributed by atoms with Gasteiger partial charge in [0.1, 0.15) is 5.75 Å². The van der Waals surface area contributed by atoms with Crippen molar-refractivity contribution in [3.63, 3.8) is 0 Å². The molecule has 7 nitrogen and oxygen atoms in total. The van der Waals surface area contributed by atoms with Gasteiger partial charge in [-0.2, -0.15) is 0 Å². The molecule has 156 valence electrons. The number of hydrogen-bond acceptors (Lipinski definition) is 5. The predicted octanol–water partition coefficient (Wildman–Crippen LogP) is 1.67. The highest BCUT2D eigenvalue weighted by Gasteiger charge is 2.31. The van der Waals surface area contributed by atoms with Gasteiger partial charge in [0.25, 0.3) is 0 Å². The number of amides is 2. The molecular formula is C18H25F3N4O3. The molecule has 1 aromatic carbocycles. The van der Waals surface area contributed by atoms with Gasteiger partial charge in [-0.25, -0.2) is 0 Å². The Bertz CT molecular complexity index is 659. The summed E-state index contributed by atoms with van der Waals surface area (Å²) >= 11 is 0. The average molecular weight is 402 g/mol. The van der Waals surface area contributed by atoms with Crippen molar-refractivity contribution in [3.05, 3.63) is 24.3 Å². The maximum absolute atomic E-state index is 12.2.